The van der Waals surface area contributed by atoms with Crippen LogP contribution in [0.2, 0.25) is 0 Å². The highest BCUT2D eigenvalue weighted by atomic mass is 16.5. The molecule has 0 saturated carbocycles. The molecule has 0 saturated heterocycles. The molecule has 0 aromatic heterocycles. The zero-order valence-corrected chi connectivity index (χ0v) is 9.76. The molecule has 1 aliphatic heterocycles. The van der Waals surface area contributed by atoms with Crippen LogP contribution in [-0.4, -0.2) is 13.2 Å². The molecule has 1 aromatic rings. The Balaban J connectivity index is 2.36. The van der Waals surface area contributed by atoms with Crippen molar-refractivity contribution in [2.24, 2.45) is 0 Å². The number of nitrogens with one attached hydrogen (secondary N) is 1. The van der Waals surface area contributed by atoms with Crippen molar-refractivity contribution in [3.8, 4) is 5.75 Å². The van der Waals surface area contributed by atoms with E-state index in [2.05, 4.69) is 44.3 Å². The standard InChI is InChI=1S/C13H19NO/c1-13(2,3)11-5-4-10-9-14-6-7-15-12(10)8-11/h4-5,8,14H,6-7,9H2,1-3H3. The summed E-state index contributed by atoms with van der Waals surface area (Å²) in [7, 11) is 0. The number of fused-ring (bicyclic) bond motifs is 1. The predicted molar refractivity (Wildman–Crippen MR) is 62.3 cm³/mol. The van der Waals surface area contributed by atoms with Crippen molar-refractivity contribution in [2.45, 2.75) is 32.7 Å². The molecule has 1 N–H and O–H groups in total. The zero-order valence-electron chi connectivity index (χ0n) is 9.76. The minimum Gasteiger partial charge on any atom is -0.492 e. The lowest BCUT2D eigenvalue weighted by molar-refractivity contribution is 0.325. The third kappa shape index (κ3) is 2.32. The summed E-state index contributed by atoms with van der Waals surface area (Å²) in [6.45, 7) is 9.29. The Labute approximate surface area is 91.6 Å². The maximum absolute atomic E-state index is 5.72. The first-order valence-corrected chi connectivity index (χ1v) is 5.54. The summed E-state index contributed by atoms with van der Waals surface area (Å²) in [5.41, 5.74) is 2.79. The van der Waals surface area contributed by atoms with Gasteiger partial charge in [0.25, 0.3) is 0 Å². The first-order valence-electron chi connectivity index (χ1n) is 5.54. The van der Waals surface area contributed by atoms with Gasteiger partial charge >= 0.3 is 0 Å². The Morgan fingerprint density at radius 1 is 1.27 bits per heavy atom. The van der Waals surface area contributed by atoms with E-state index in [0.29, 0.717) is 0 Å². The van der Waals surface area contributed by atoms with E-state index in [-0.39, 0.29) is 5.41 Å². The molecular weight excluding hydrogens is 186 g/mol. The second-order valence-corrected chi connectivity index (χ2v) is 5.10. The molecule has 82 valence electrons. The van der Waals surface area contributed by atoms with Crippen molar-refractivity contribution in [3.63, 3.8) is 0 Å². The van der Waals surface area contributed by atoms with E-state index in [1.54, 1.807) is 0 Å². The molecule has 2 heteroatoms. The van der Waals surface area contributed by atoms with Crippen LogP contribution in [0.25, 0.3) is 0 Å². The van der Waals surface area contributed by atoms with Crippen LogP contribution < -0.4 is 10.1 Å². The lowest BCUT2D eigenvalue weighted by atomic mass is 9.86. The van der Waals surface area contributed by atoms with Crippen LogP contribution in [0.1, 0.15) is 31.9 Å². The highest BCUT2D eigenvalue weighted by molar-refractivity contribution is 5.40. The monoisotopic (exact) mass is 205 g/mol. The Morgan fingerprint density at radius 3 is 2.80 bits per heavy atom. The Kier molecular flexibility index (Phi) is 2.70. The second-order valence-electron chi connectivity index (χ2n) is 5.10. The molecule has 0 unspecified atom stereocenters. The van der Waals surface area contributed by atoms with E-state index in [1.165, 1.54) is 11.1 Å². The first kappa shape index (κ1) is 10.5. The molecule has 0 fully saturated rings. The third-order valence-corrected chi connectivity index (χ3v) is 2.79. The molecule has 15 heavy (non-hydrogen) atoms. The largest absolute Gasteiger partial charge is 0.492 e. The van der Waals surface area contributed by atoms with Gasteiger partial charge in [-0.1, -0.05) is 32.9 Å². The Morgan fingerprint density at radius 2 is 2.07 bits per heavy atom. The van der Waals surface area contributed by atoms with Crippen LogP contribution in [0.4, 0.5) is 0 Å². The summed E-state index contributed by atoms with van der Waals surface area (Å²) < 4.78 is 5.72. The van der Waals surface area contributed by atoms with Gasteiger partial charge < -0.3 is 10.1 Å². The fourth-order valence-corrected chi connectivity index (χ4v) is 1.76. The van der Waals surface area contributed by atoms with Crippen LogP contribution in [-0.2, 0) is 12.0 Å². The molecule has 0 atom stereocenters. The highest BCUT2D eigenvalue weighted by Crippen LogP contribution is 2.29. The van der Waals surface area contributed by atoms with Gasteiger partial charge in [0.05, 0.1) is 0 Å². The second kappa shape index (κ2) is 3.86. The lowest BCUT2D eigenvalue weighted by Crippen LogP contribution is -2.16. The molecule has 0 radical (unpaired) electrons. The van der Waals surface area contributed by atoms with Crippen molar-refractivity contribution in [1.29, 1.82) is 0 Å². The third-order valence-electron chi connectivity index (χ3n) is 2.79. The maximum Gasteiger partial charge on any atom is 0.124 e. The maximum atomic E-state index is 5.72. The van der Waals surface area contributed by atoms with Crippen molar-refractivity contribution in [2.75, 3.05) is 13.2 Å². The van der Waals surface area contributed by atoms with Crippen molar-refractivity contribution in [3.05, 3.63) is 29.3 Å². The number of benzene rings is 1. The van der Waals surface area contributed by atoms with E-state index in [0.717, 1.165) is 25.4 Å². The van der Waals surface area contributed by atoms with E-state index in [9.17, 15) is 0 Å². The topological polar surface area (TPSA) is 21.3 Å². The zero-order chi connectivity index (χ0) is 10.9. The van der Waals surface area contributed by atoms with Gasteiger partial charge in [0.2, 0.25) is 0 Å². The van der Waals surface area contributed by atoms with Crippen molar-refractivity contribution < 1.29 is 4.74 Å². The molecule has 0 bridgehead atoms. The smallest absolute Gasteiger partial charge is 0.124 e. The van der Waals surface area contributed by atoms with E-state index < -0.39 is 0 Å². The molecule has 0 aliphatic carbocycles. The fourth-order valence-electron chi connectivity index (χ4n) is 1.76. The van der Waals surface area contributed by atoms with Crippen molar-refractivity contribution in [1.82, 2.24) is 5.32 Å². The van der Waals surface area contributed by atoms with Gasteiger partial charge in [0.1, 0.15) is 12.4 Å². The normalized spacial score (nSPS) is 16.5. The summed E-state index contributed by atoms with van der Waals surface area (Å²) in [6.07, 6.45) is 0. The minimum absolute atomic E-state index is 0.193. The van der Waals surface area contributed by atoms with Crippen LogP contribution in [0.3, 0.4) is 0 Å². The molecule has 1 aromatic carbocycles. The van der Waals surface area contributed by atoms with Gasteiger partial charge in [-0.25, -0.2) is 0 Å². The summed E-state index contributed by atoms with van der Waals surface area (Å²) in [5.74, 6) is 1.05. The minimum atomic E-state index is 0.193. The predicted octanol–water partition coefficient (Wildman–Crippen LogP) is 2.47. The van der Waals surface area contributed by atoms with Crippen LogP contribution in [0.5, 0.6) is 5.75 Å². The Bertz CT molecular complexity index is 352. The van der Waals surface area contributed by atoms with Gasteiger partial charge in [0, 0.05) is 18.7 Å². The number of rotatable bonds is 0. The molecular formula is C13H19NO. The molecule has 1 heterocycles. The molecule has 2 rings (SSSR count). The molecule has 0 amide bonds. The van der Waals surface area contributed by atoms with Gasteiger partial charge in [0.15, 0.2) is 0 Å². The van der Waals surface area contributed by atoms with Crippen LogP contribution in [0, 0.1) is 0 Å². The van der Waals surface area contributed by atoms with Gasteiger partial charge in [-0.2, -0.15) is 0 Å². The molecule has 2 nitrogen and oxygen atoms in total. The molecule has 0 spiro atoms. The quantitative estimate of drug-likeness (QED) is 0.702. The summed E-state index contributed by atoms with van der Waals surface area (Å²) in [5, 5.41) is 3.34. The average molecular weight is 205 g/mol. The van der Waals surface area contributed by atoms with Gasteiger partial charge in [-0.3, -0.25) is 0 Å². The fraction of sp³-hybridized carbons (Fsp3) is 0.538. The summed E-state index contributed by atoms with van der Waals surface area (Å²) >= 11 is 0. The lowest BCUT2D eigenvalue weighted by Gasteiger charge is -2.20. The summed E-state index contributed by atoms with van der Waals surface area (Å²) in [4.78, 5) is 0. The van der Waals surface area contributed by atoms with Crippen molar-refractivity contribution >= 4 is 0 Å². The van der Waals surface area contributed by atoms with E-state index in [1.807, 2.05) is 0 Å². The van der Waals surface area contributed by atoms with Crippen LogP contribution in [0.15, 0.2) is 18.2 Å². The average Bonchev–Trinajstić information content (AvgIpc) is 2.39. The number of hydrogen-bond donors (Lipinski definition) is 1. The number of hydrogen-bond acceptors (Lipinski definition) is 2. The molecule has 1 aliphatic rings. The van der Waals surface area contributed by atoms with E-state index >= 15 is 0 Å². The highest BCUT2D eigenvalue weighted by Gasteiger charge is 2.16. The Hall–Kier alpha value is -1.02. The van der Waals surface area contributed by atoms with Crippen LogP contribution >= 0.6 is 0 Å². The first-order chi connectivity index (χ1) is 7.07. The number of ether oxygens (including phenoxy) is 1. The van der Waals surface area contributed by atoms with Gasteiger partial charge in [-0.15, -0.1) is 0 Å². The summed E-state index contributed by atoms with van der Waals surface area (Å²) in [6, 6.07) is 6.56. The van der Waals surface area contributed by atoms with Gasteiger partial charge in [-0.05, 0) is 17.0 Å². The SMILES string of the molecule is CC(C)(C)c1ccc2c(c1)OCCNC2. The van der Waals surface area contributed by atoms with E-state index in [4.69, 9.17) is 4.74 Å².